The molecule has 3 saturated carbocycles. The Hall–Kier alpha value is -0.530. The molecule has 0 spiro atoms. The highest BCUT2D eigenvalue weighted by Crippen LogP contribution is 2.47. The molecule has 0 aromatic carbocycles. The van der Waals surface area contributed by atoms with Crippen LogP contribution in [0.5, 0.6) is 0 Å². The molecule has 2 nitrogen and oxygen atoms in total. The van der Waals surface area contributed by atoms with E-state index in [1.807, 2.05) is 0 Å². The SMILES string of the molecule is CC(C)CC1(CNC(=O)C2(CC3CCCC3)CCCC2)CCCC1. The van der Waals surface area contributed by atoms with Gasteiger partial charge in [-0.25, -0.2) is 0 Å². The van der Waals surface area contributed by atoms with Crippen molar-refractivity contribution >= 4 is 5.91 Å². The maximum Gasteiger partial charge on any atom is 0.226 e. The Morgan fingerprint density at radius 2 is 1.54 bits per heavy atom. The number of carbonyl (C=O) groups is 1. The van der Waals surface area contributed by atoms with Crippen LogP contribution in [0.15, 0.2) is 0 Å². The Morgan fingerprint density at radius 3 is 2.12 bits per heavy atom. The summed E-state index contributed by atoms with van der Waals surface area (Å²) in [6.45, 7) is 5.61. The predicted octanol–water partition coefficient (Wildman–Crippen LogP) is 5.85. The fourth-order valence-electron chi connectivity index (χ4n) is 6.24. The maximum absolute atomic E-state index is 13.2. The van der Waals surface area contributed by atoms with E-state index in [9.17, 15) is 4.79 Å². The van der Waals surface area contributed by atoms with Gasteiger partial charge in [0, 0.05) is 12.0 Å². The Balaban J connectivity index is 1.60. The van der Waals surface area contributed by atoms with Crippen molar-refractivity contribution in [2.45, 2.75) is 104 Å². The number of amides is 1. The van der Waals surface area contributed by atoms with Crippen LogP contribution in [0.2, 0.25) is 0 Å². The van der Waals surface area contributed by atoms with E-state index in [4.69, 9.17) is 0 Å². The highest BCUT2D eigenvalue weighted by molar-refractivity contribution is 5.83. The molecule has 0 saturated heterocycles. The molecule has 0 bridgehead atoms. The Kier molecular flexibility index (Phi) is 5.93. The molecule has 1 N–H and O–H groups in total. The van der Waals surface area contributed by atoms with Crippen LogP contribution in [0.1, 0.15) is 104 Å². The van der Waals surface area contributed by atoms with Crippen LogP contribution in [-0.4, -0.2) is 12.5 Å². The second kappa shape index (κ2) is 7.79. The molecule has 3 aliphatic carbocycles. The van der Waals surface area contributed by atoms with E-state index in [0.29, 0.717) is 11.3 Å². The Labute approximate surface area is 149 Å². The third kappa shape index (κ3) is 4.17. The van der Waals surface area contributed by atoms with Crippen molar-refractivity contribution < 1.29 is 4.79 Å². The Bertz CT molecular complexity index is 410. The molecule has 3 fully saturated rings. The van der Waals surface area contributed by atoms with Gasteiger partial charge in [-0.05, 0) is 55.8 Å². The highest BCUT2D eigenvalue weighted by Gasteiger charge is 2.44. The zero-order valence-corrected chi connectivity index (χ0v) is 16.2. The molecular weight excluding hydrogens is 294 g/mol. The van der Waals surface area contributed by atoms with Gasteiger partial charge in [-0.15, -0.1) is 0 Å². The van der Waals surface area contributed by atoms with Crippen molar-refractivity contribution in [3.05, 3.63) is 0 Å². The first-order valence-corrected chi connectivity index (χ1v) is 10.8. The van der Waals surface area contributed by atoms with E-state index in [0.717, 1.165) is 31.2 Å². The molecule has 138 valence electrons. The summed E-state index contributed by atoms with van der Waals surface area (Å²) in [5, 5.41) is 3.49. The predicted molar refractivity (Wildman–Crippen MR) is 101 cm³/mol. The second-order valence-electron chi connectivity index (χ2n) is 9.83. The smallest absolute Gasteiger partial charge is 0.226 e. The third-order valence-electron chi connectivity index (χ3n) is 7.33. The third-order valence-corrected chi connectivity index (χ3v) is 7.33. The molecule has 0 aromatic heterocycles. The van der Waals surface area contributed by atoms with Gasteiger partial charge in [0.2, 0.25) is 5.91 Å². The lowest BCUT2D eigenvalue weighted by Gasteiger charge is -2.35. The molecule has 0 radical (unpaired) electrons. The molecule has 0 heterocycles. The lowest BCUT2D eigenvalue weighted by Crippen LogP contribution is -2.45. The van der Waals surface area contributed by atoms with E-state index in [-0.39, 0.29) is 5.41 Å². The van der Waals surface area contributed by atoms with Crippen molar-refractivity contribution in [1.82, 2.24) is 5.32 Å². The number of hydrogen-bond acceptors (Lipinski definition) is 1. The van der Waals surface area contributed by atoms with Crippen molar-refractivity contribution in [3.63, 3.8) is 0 Å². The van der Waals surface area contributed by atoms with Gasteiger partial charge in [0.05, 0.1) is 0 Å². The largest absolute Gasteiger partial charge is 0.355 e. The number of carbonyl (C=O) groups excluding carboxylic acids is 1. The topological polar surface area (TPSA) is 29.1 Å². The Morgan fingerprint density at radius 1 is 0.958 bits per heavy atom. The first kappa shape index (κ1) is 18.3. The minimum absolute atomic E-state index is 0.00731. The highest BCUT2D eigenvalue weighted by atomic mass is 16.2. The molecular formula is C22H39NO. The summed E-state index contributed by atoms with van der Waals surface area (Å²) in [5.74, 6) is 1.98. The quantitative estimate of drug-likeness (QED) is 0.622. The van der Waals surface area contributed by atoms with Crippen molar-refractivity contribution in [2.24, 2.45) is 22.7 Å². The van der Waals surface area contributed by atoms with E-state index >= 15 is 0 Å². The summed E-state index contributed by atoms with van der Waals surface area (Å²) >= 11 is 0. The lowest BCUT2D eigenvalue weighted by atomic mass is 9.75. The molecule has 0 aliphatic heterocycles. The van der Waals surface area contributed by atoms with Gasteiger partial charge in [0.15, 0.2) is 0 Å². The zero-order valence-electron chi connectivity index (χ0n) is 16.2. The van der Waals surface area contributed by atoms with Crippen molar-refractivity contribution in [1.29, 1.82) is 0 Å². The number of rotatable bonds is 7. The van der Waals surface area contributed by atoms with Crippen LogP contribution in [0.3, 0.4) is 0 Å². The van der Waals surface area contributed by atoms with Gasteiger partial charge in [0.25, 0.3) is 0 Å². The van der Waals surface area contributed by atoms with E-state index in [2.05, 4.69) is 19.2 Å². The molecule has 3 aliphatic rings. The zero-order chi connectivity index (χ0) is 17.0. The molecule has 1 amide bonds. The number of nitrogens with one attached hydrogen (secondary N) is 1. The molecule has 2 heteroatoms. The average Bonchev–Trinajstić information content (AvgIpc) is 3.27. The molecule has 0 aromatic rings. The van der Waals surface area contributed by atoms with Crippen LogP contribution < -0.4 is 5.32 Å². The van der Waals surface area contributed by atoms with Gasteiger partial charge >= 0.3 is 0 Å². The number of hydrogen-bond donors (Lipinski definition) is 1. The summed E-state index contributed by atoms with van der Waals surface area (Å²) in [6, 6.07) is 0. The summed E-state index contributed by atoms with van der Waals surface area (Å²) in [7, 11) is 0. The average molecular weight is 334 g/mol. The van der Waals surface area contributed by atoms with E-state index in [1.165, 1.54) is 77.0 Å². The van der Waals surface area contributed by atoms with Gasteiger partial charge < -0.3 is 5.32 Å². The van der Waals surface area contributed by atoms with Crippen LogP contribution in [0.4, 0.5) is 0 Å². The monoisotopic (exact) mass is 333 g/mol. The fourth-order valence-corrected chi connectivity index (χ4v) is 6.24. The minimum atomic E-state index is -0.00731. The molecule has 0 atom stereocenters. The van der Waals surface area contributed by atoms with Crippen LogP contribution in [-0.2, 0) is 4.79 Å². The van der Waals surface area contributed by atoms with Gasteiger partial charge in [-0.1, -0.05) is 65.2 Å². The van der Waals surface area contributed by atoms with Gasteiger partial charge in [-0.2, -0.15) is 0 Å². The first-order chi connectivity index (χ1) is 11.5. The normalized spacial score (nSPS) is 26.3. The molecule has 0 unspecified atom stereocenters. The molecule has 24 heavy (non-hydrogen) atoms. The van der Waals surface area contributed by atoms with Crippen LogP contribution >= 0.6 is 0 Å². The second-order valence-corrected chi connectivity index (χ2v) is 9.83. The summed E-state index contributed by atoms with van der Waals surface area (Å²) in [4.78, 5) is 13.2. The minimum Gasteiger partial charge on any atom is -0.355 e. The molecule has 3 rings (SSSR count). The lowest BCUT2D eigenvalue weighted by molar-refractivity contribution is -0.132. The van der Waals surface area contributed by atoms with Crippen LogP contribution in [0, 0.1) is 22.7 Å². The van der Waals surface area contributed by atoms with Gasteiger partial charge in [0.1, 0.15) is 0 Å². The summed E-state index contributed by atoms with van der Waals surface area (Å²) < 4.78 is 0. The van der Waals surface area contributed by atoms with E-state index in [1.54, 1.807) is 0 Å². The van der Waals surface area contributed by atoms with Crippen LogP contribution in [0.25, 0.3) is 0 Å². The standard InChI is InChI=1S/C22H39NO/c1-18(2)15-21(11-5-6-12-21)17-23-20(24)22(13-7-8-14-22)16-19-9-3-4-10-19/h18-19H,3-17H2,1-2H3,(H,23,24). The van der Waals surface area contributed by atoms with Crippen molar-refractivity contribution in [2.75, 3.05) is 6.54 Å². The van der Waals surface area contributed by atoms with E-state index < -0.39 is 0 Å². The maximum atomic E-state index is 13.2. The van der Waals surface area contributed by atoms with Gasteiger partial charge in [-0.3, -0.25) is 4.79 Å². The summed E-state index contributed by atoms with van der Waals surface area (Å²) in [5.41, 5.74) is 0.392. The van der Waals surface area contributed by atoms with Crippen molar-refractivity contribution in [3.8, 4) is 0 Å². The fraction of sp³-hybridized carbons (Fsp3) is 0.955. The first-order valence-electron chi connectivity index (χ1n) is 10.8. The summed E-state index contributed by atoms with van der Waals surface area (Å²) in [6.07, 6.45) is 18.1.